The number of hydrogen-bond acceptors (Lipinski definition) is 5. The number of phenolic OH excluding ortho intramolecular Hbond substituents is 1. The van der Waals surface area contributed by atoms with Gasteiger partial charge in [0, 0.05) is 23.6 Å². The number of furan rings is 1. The van der Waals surface area contributed by atoms with Crippen molar-refractivity contribution < 1.29 is 23.8 Å². The van der Waals surface area contributed by atoms with E-state index in [1.54, 1.807) is 6.07 Å². The summed E-state index contributed by atoms with van der Waals surface area (Å²) in [6, 6.07) is 14.5. The van der Waals surface area contributed by atoms with E-state index in [-0.39, 0.29) is 24.7 Å². The molecular formula is C20H19NO5. The standard InChI is InChI=1S/C20H19NO5/c22-16-6-7-17-15(12-25-18(17)11-16)10-20(24)26-13-19(23)21-9-8-14-4-2-1-3-5-14/h1-7,11-12,22H,8-10,13H2,(H,21,23). The van der Waals surface area contributed by atoms with E-state index >= 15 is 0 Å². The highest BCUT2D eigenvalue weighted by atomic mass is 16.5. The molecule has 0 saturated heterocycles. The number of carbonyl (C=O) groups excluding carboxylic acids is 2. The van der Waals surface area contributed by atoms with Gasteiger partial charge in [0.2, 0.25) is 0 Å². The third kappa shape index (κ3) is 4.63. The normalized spacial score (nSPS) is 10.6. The first-order valence-electron chi connectivity index (χ1n) is 8.27. The van der Waals surface area contributed by atoms with Crippen molar-refractivity contribution in [2.45, 2.75) is 12.8 Å². The summed E-state index contributed by atoms with van der Waals surface area (Å²) >= 11 is 0. The Hall–Kier alpha value is -3.28. The van der Waals surface area contributed by atoms with Crippen LogP contribution in [0.25, 0.3) is 11.0 Å². The van der Waals surface area contributed by atoms with E-state index in [1.165, 1.54) is 18.4 Å². The van der Waals surface area contributed by atoms with E-state index in [4.69, 9.17) is 9.15 Å². The summed E-state index contributed by atoms with van der Waals surface area (Å²) in [5.41, 5.74) is 2.27. The predicted molar refractivity (Wildman–Crippen MR) is 95.7 cm³/mol. The number of fused-ring (bicyclic) bond motifs is 1. The molecule has 6 heteroatoms. The van der Waals surface area contributed by atoms with Gasteiger partial charge in [0.1, 0.15) is 11.3 Å². The number of amides is 1. The summed E-state index contributed by atoms with van der Waals surface area (Å²) in [5, 5.41) is 12.9. The molecule has 6 nitrogen and oxygen atoms in total. The molecular weight excluding hydrogens is 334 g/mol. The third-order valence-corrected chi connectivity index (χ3v) is 3.92. The maximum Gasteiger partial charge on any atom is 0.310 e. The number of rotatable bonds is 7. The molecule has 1 aromatic heterocycles. The van der Waals surface area contributed by atoms with Gasteiger partial charge in [-0.25, -0.2) is 0 Å². The van der Waals surface area contributed by atoms with Crippen molar-refractivity contribution >= 4 is 22.8 Å². The summed E-state index contributed by atoms with van der Waals surface area (Å²) in [6.45, 7) is 0.167. The average molecular weight is 353 g/mol. The Morgan fingerprint density at radius 3 is 2.73 bits per heavy atom. The maximum absolute atomic E-state index is 11.9. The van der Waals surface area contributed by atoms with Crippen molar-refractivity contribution in [1.29, 1.82) is 0 Å². The van der Waals surface area contributed by atoms with Gasteiger partial charge < -0.3 is 19.6 Å². The van der Waals surface area contributed by atoms with Crippen LogP contribution in [0.5, 0.6) is 5.75 Å². The minimum absolute atomic E-state index is 0.00489. The number of ether oxygens (including phenoxy) is 1. The van der Waals surface area contributed by atoms with Gasteiger partial charge in [-0.1, -0.05) is 30.3 Å². The second kappa shape index (κ2) is 8.20. The molecule has 3 rings (SSSR count). The van der Waals surface area contributed by atoms with E-state index in [2.05, 4.69) is 5.32 Å². The lowest BCUT2D eigenvalue weighted by Gasteiger charge is -2.06. The van der Waals surface area contributed by atoms with Crippen molar-refractivity contribution in [2.75, 3.05) is 13.2 Å². The fourth-order valence-corrected chi connectivity index (χ4v) is 2.60. The molecule has 0 bridgehead atoms. The third-order valence-electron chi connectivity index (χ3n) is 3.92. The average Bonchev–Trinajstić information content (AvgIpc) is 3.02. The van der Waals surface area contributed by atoms with E-state index in [1.807, 2.05) is 30.3 Å². The number of carbonyl (C=O) groups is 2. The molecule has 2 aromatic carbocycles. The Labute approximate surface area is 150 Å². The van der Waals surface area contributed by atoms with Crippen molar-refractivity contribution in [3.8, 4) is 5.75 Å². The van der Waals surface area contributed by atoms with Crippen molar-refractivity contribution in [2.24, 2.45) is 0 Å². The van der Waals surface area contributed by atoms with Crippen LogP contribution < -0.4 is 5.32 Å². The minimum atomic E-state index is -0.515. The number of aromatic hydroxyl groups is 1. The van der Waals surface area contributed by atoms with Crippen LogP contribution in [-0.2, 0) is 27.2 Å². The van der Waals surface area contributed by atoms with Gasteiger partial charge in [0.25, 0.3) is 5.91 Å². The molecule has 0 radical (unpaired) electrons. The largest absolute Gasteiger partial charge is 0.508 e. The number of hydrogen-bond donors (Lipinski definition) is 2. The van der Waals surface area contributed by atoms with E-state index in [9.17, 15) is 14.7 Å². The molecule has 0 aliphatic carbocycles. The SMILES string of the molecule is O=C(COC(=O)Cc1coc2cc(O)ccc12)NCCc1ccccc1. The smallest absolute Gasteiger partial charge is 0.310 e. The summed E-state index contributed by atoms with van der Waals surface area (Å²) in [5.74, 6) is -0.761. The Bertz CT molecular complexity index is 901. The highest BCUT2D eigenvalue weighted by molar-refractivity contribution is 5.87. The van der Waals surface area contributed by atoms with Gasteiger partial charge in [0.15, 0.2) is 6.61 Å². The first kappa shape index (κ1) is 17.5. The van der Waals surface area contributed by atoms with Gasteiger partial charge in [-0.05, 0) is 24.1 Å². The quantitative estimate of drug-likeness (QED) is 0.637. The second-order valence-corrected chi connectivity index (χ2v) is 5.86. The minimum Gasteiger partial charge on any atom is -0.508 e. The lowest BCUT2D eigenvalue weighted by Crippen LogP contribution is -2.30. The van der Waals surface area contributed by atoms with E-state index in [0.29, 0.717) is 24.1 Å². The first-order valence-corrected chi connectivity index (χ1v) is 8.27. The van der Waals surface area contributed by atoms with Crippen LogP contribution in [0, 0.1) is 0 Å². The van der Waals surface area contributed by atoms with Crippen LogP contribution in [0.2, 0.25) is 0 Å². The summed E-state index contributed by atoms with van der Waals surface area (Å²) in [7, 11) is 0. The van der Waals surface area contributed by atoms with Gasteiger partial charge >= 0.3 is 5.97 Å². The predicted octanol–water partition coefficient (Wildman–Crippen LogP) is 2.58. The highest BCUT2D eigenvalue weighted by Crippen LogP contribution is 2.25. The zero-order valence-electron chi connectivity index (χ0n) is 14.1. The van der Waals surface area contributed by atoms with Crippen molar-refractivity contribution in [3.63, 3.8) is 0 Å². The molecule has 1 amide bonds. The molecule has 134 valence electrons. The summed E-state index contributed by atoms with van der Waals surface area (Å²) < 4.78 is 10.3. The topological polar surface area (TPSA) is 88.8 Å². The number of esters is 1. The second-order valence-electron chi connectivity index (χ2n) is 5.86. The molecule has 0 saturated carbocycles. The first-order chi connectivity index (χ1) is 12.6. The zero-order valence-corrected chi connectivity index (χ0v) is 14.1. The van der Waals surface area contributed by atoms with Gasteiger partial charge in [0.05, 0.1) is 12.7 Å². The molecule has 0 aliphatic rings. The van der Waals surface area contributed by atoms with E-state index < -0.39 is 5.97 Å². The fourth-order valence-electron chi connectivity index (χ4n) is 2.60. The van der Waals surface area contributed by atoms with Gasteiger partial charge in [-0.15, -0.1) is 0 Å². The lowest BCUT2D eigenvalue weighted by atomic mass is 10.1. The Morgan fingerprint density at radius 1 is 1.12 bits per heavy atom. The maximum atomic E-state index is 11.9. The lowest BCUT2D eigenvalue weighted by molar-refractivity contribution is -0.147. The van der Waals surface area contributed by atoms with Crippen LogP contribution in [0.15, 0.2) is 59.2 Å². The van der Waals surface area contributed by atoms with E-state index in [0.717, 1.165) is 10.9 Å². The van der Waals surface area contributed by atoms with Gasteiger partial charge in [-0.2, -0.15) is 0 Å². The summed E-state index contributed by atoms with van der Waals surface area (Å²) in [4.78, 5) is 23.7. The number of benzene rings is 2. The molecule has 3 aromatic rings. The van der Waals surface area contributed by atoms with Crippen LogP contribution in [-0.4, -0.2) is 30.1 Å². The Morgan fingerprint density at radius 2 is 1.92 bits per heavy atom. The van der Waals surface area contributed by atoms with Crippen LogP contribution in [0.3, 0.4) is 0 Å². The molecule has 1 heterocycles. The zero-order chi connectivity index (χ0) is 18.4. The molecule has 0 unspecified atom stereocenters. The van der Waals surface area contributed by atoms with Gasteiger partial charge in [-0.3, -0.25) is 9.59 Å². The van der Waals surface area contributed by atoms with Crippen LogP contribution in [0.1, 0.15) is 11.1 Å². The van der Waals surface area contributed by atoms with Crippen molar-refractivity contribution in [1.82, 2.24) is 5.32 Å². The number of phenols is 1. The molecule has 0 atom stereocenters. The van der Waals surface area contributed by atoms with Crippen LogP contribution in [0.4, 0.5) is 0 Å². The highest BCUT2D eigenvalue weighted by Gasteiger charge is 2.13. The van der Waals surface area contributed by atoms with Crippen molar-refractivity contribution in [3.05, 3.63) is 65.9 Å². The fraction of sp³-hybridized carbons (Fsp3) is 0.200. The molecule has 0 fully saturated rings. The molecule has 2 N–H and O–H groups in total. The Kier molecular flexibility index (Phi) is 5.53. The molecule has 26 heavy (non-hydrogen) atoms. The molecule has 0 spiro atoms. The Balaban J connectivity index is 1.42. The molecule has 0 aliphatic heterocycles. The summed E-state index contributed by atoms with van der Waals surface area (Å²) in [6.07, 6.45) is 2.16. The number of nitrogens with one attached hydrogen (secondary N) is 1. The monoisotopic (exact) mass is 353 g/mol. The van der Waals surface area contributed by atoms with Crippen LogP contribution >= 0.6 is 0 Å².